The first kappa shape index (κ1) is 14.3. The molecule has 0 spiro atoms. The van der Waals surface area contributed by atoms with E-state index in [-0.39, 0.29) is 23.7 Å². The number of carbonyl (C=O) groups is 1. The molecule has 0 radical (unpaired) electrons. The van der Waals surface area contributed by atoms with Crippen molar-refractivity contribution < 1.29 is 9.18 Å². The number of halogens is 2. The average Bonchev–Trinajstić information content (AvgIpc) is 3.13. The van der Waals surface area contributed by atoms with Gasteiger partial charge in [0.05, 0.1) is 4.47 Å². The molecule has 5 nitrogen and oxygen atoms in total. The highest BCUT2D eigenvalue weighted by Crippen LogP contribution is 2.41. The van der Waals surface area contributed by atoms with E-state index in [1.807, 2.05) is 6.07 Å². The first-order chi connectivity index (χ1) is 11.1. The fourth-order valence-corrected chi connectivity index (χ4v) is 2.96. The van der Waals surface area contributed by atoms with Gasteiger partial charge in [-0.15, -0.1) is 0 Å². The second kappa shape index (κ2) is 5.42. The Morgan fingerprint density at radius 1 is 1.30 bits per heavy atom. The predicted molar refractivity (Wildman–Crippen MR) is 85.7 cm³/mol. The molecule has 0 unspecified atom stereocenters. The van der Waals surface area contributed by atoms with E-state index in [0.29, 0.717) is 15.8 Å². The Hall–Kier alpha value is -2.28. The molecule has 1 amide bonds. The quantitative estimate of drug-likeness (QED) is 0.766. The molecule has 4 rings (SSSR count). The number of benzene rings is 1. The van der Waals surface area contributed by atoms with Gasteiger partial charge >= 0.3 is 0 Å². The van der Waals surface area contributed by atoms with Crippen molar-refractivity contribution in [3.05, 3.63) is 64.5 Å². The van der Waals surface area contributed by atoms with Crippen LogP contribution in [0.2, 0.25) is 0 Å². The van der Waals surface area contributed by atoms with Crippen LogP contribution < -0.4 is 5.32 Å². The maximum Gasteiger partial charge on any atom is 0.273 e. The number of aromatic nitrogens is 3. The number of carbonyl (C=O) groups excluding carboxylic acids is 1. The Morgan fingerprint density at radius 3 is 2.87 bits per heavy atom. The minimum Gasteiger partial charge on any atom is -0.347 e. The van der Waals surface area contributed by atoms with Gasteiger partial charge in [0.15, 0.2) is 11.3 Å². The Balaban J connectivity index is 1.50. The van der Waals surface area contributed by atoms with Crippen molar-refractivity contribution >= 4 is 27.5 Å². The zero-order valence-corrected chi connectivity index (χ0v) is 13.5. The normalized spacial score (nSPS) is 19.7. The number of rotatable bonds is 3. The molecule has 1 aliphatic carbocycles. The lowest BCUT2D eigenvalue weighted by Crippen LogP contribution is -2.28. The Morgan fingerprint density at radius 2 is 2.09 bits per heavy atom. The van der Waals surface area contributed by atoms with E-state index in [1.54, 1.807) is 35.3 Å². The monoisotopic (exact) mass is 374 g/mol. The molecule has 7 heteroatoms. The van der Waals surface area contributed by atoms with Gasteiger partial charge in [-0.05, 0) is 40.0 Å². The highest BCUT2D eigenvalue weighted by Gasteiger charge is 2.40. The summed E-state index contributed by atoms with van der Waals surface area (Å²) in [5, 5.41) is 2.95. The van der Waals surface area contributed by atoms with E-state index in [4.69, 9.17) is 0 Å². The summed E-state index contributed by atoms with van der Waals surface area (Å²) in [4.78, 5) is 20.7. The van der Waals surface area contributed by atoms with Crippen molar-refractivity contribution in [1.82, 2.24) is 19.7 Å². The van der Waals surface area contributed by atoms with Gasteiger partial charge in [-0.3, -0.25) is 4.79 Å². The summed E-state index contributed by atoms with van der Waals surface area (Å²) in [6, 6.07) is 5.07. The maximum absolute atomic E-state index is 13.6. The number of nitrogens with zero attached hydrogens (tertiary/aromatic N) is 3. The summed E-state index contributed by atoms with van der Waals surface area (Å²) >= 11 is 3.14. The fraction of sp³-hybridized carbons (Fsp3) is 0.188. The molecule has 1 aromatic carbocycles. The smallest absolute Gasteiger partial charge is 0.273 e. The van der Waals surface area contributed by atoms with Crippen LogP contribution in [0.25, 0.3) is 5.65 Å². The topological polar surface area (TPSA) is 59.3 Å². The second-order valence-corrected chi connectivity index (χ2v) is 6.38. The van der Waals surface area contributed by atoms with Crippen LogP contribution in [-0.4, -0.2) is 26.3 Å². The highest BCUT2D eigenvalue weighted by atomic mass is 79.9. The third-order valence-corrected chi connectivity index (χ3v) is 4.65. The maximum atomic E-state index is 13.6. The van der Waals surface area contributed by atoms with E-state index in [9.17, 15) is 9.18 Å². The van der Waals surface area contributed by atoms with Gasteiger partial charge < -0.3 is 9.72 Å². The summed E-state index contributed by atoms with van der Waals surface area (Å²) in [6.45, 7) is 0. The molecule has 0 aliphatic heterocycles. The molecular formula is C16H12BrFN4O. The molecule has 116 valence electrons. The summed E-state index contributed by atoms with van der Waals surface area (Å²) in [5.74, 6) is -0.406. The van der Waals surface area contributed by atoms with Gasteiger partial charge in [-0.2, -0.15) is 0 Å². The molecule has 23 heavy (non-hydrogen) atoms. The Kier molecular flexibility index (Phi) is 3.37. The zero-order chi connectivity index (χ0) is 16.0. The second-order valence-electron chi connectivity index (χ2n) is 5.53. The number of hydrogen-bond acceptors (Lipinski definition) is 3. The van der Waals surface area contributed by atoms with Crippen molar-refractivity contribution in [1.29, 1.82) is 0 Å². The molecule has 0 saturated heterocycles. The van der Waals surface area contributed by atoms with Crippen molar-refractivity contribution in [3.63, 3.8) is 0 Å². The van der Waals surface area contributed by atoms with Crippen LogP contribution in [0.5, 0.6) is 0 Å². The number of amides is 1. The lowest BCUT2D eigenvalue weighted by atomic mass is 10.1. The molecule has 0 bridgehead atoms. The predicted octanol–water partition coefficient (Wildman–Crippen LogP) is 2.92. The lowest BCUT2D eigenvalue weighted by Gasteiger charge is -2.06. The Bertz CT molecular complexity index is 910. The van der Waals surface area contributed by atoms with Crippen molar-refractivity contribution in [2.45, 2.75) is 18.4 Å². The first-order valence-electron chi connectivity index (χ1n) is 7.17. The van der Waals surface area contributed by atoms with Crippen molar-refractivity contribution in [3.8, 4) is 0 Å². The standard InChI is InChI=1S/C16H12BrFN4O/c17-11-2-1-9(7-12(11)18)10-8-13(10)21-16(23)14-15-20-4-6-22(15)5-3-19-14/h1-7,10,13H,8H2,(H,21,23)/t10-,13+/m0/s1. The molecular weight excluding hydrogens is 363 g/mol. The summed E-state index contributed by atoms with van der Waals surface area (Å²) in [7, 11) is 0. The number of hydrogen-bond donors (Lipinski definition) is 1. The van der Waals surface area contributed by atoms with Crippen LogP contribution >= 0.6 is 15.9 Å². The van der Waals surface area contributed by atoms with E-state index < -0.39 is 0 Å². The van der Waals surface area contributed by atoms with E-state index in [2.05, 4.69) is 31.2 Å². The van der Waals surface area contributed by atoms with Crippen LogP contribution in [0.15, 0.2) is 47.5 Å². The summed E-state index contributed by atoms with van der Waals surface area (Å²) < 4.78 is 15.8. The molecule has 1 N–H and O–H groups in total. The Labute approximate surface area is 139 Å². The van der Waals surface area contributed by atoms with Gasteiger partial charge in [-0.25, -0.2) is 14.4 Å². The minimum atomic E-state index is -0.289. The molecule has 1 aliphatic rings. The van der Waals surface area contributed by atoms with Crippen LogP contribution in [0.1, 0.15) is 28.4 Å². The van der Waals surface area contributed by atoms with Gasteiger partial charge in [0, 0.05) is 36.7 Å². The number of imidazole rings is 1. The van der Waals surface area contributed by atoms with Gasteiger partial charge in [-0.1, -0.05) is 6.07 Å². The molecule has 2 aromatic heterocycles. The van der Waals surface area contributed by atoms with E-state index in [0.717, 1.165) is 12.0 Å². The van der Waals surface area contributed by atoms with Gasteiger partial charge in [0.2, 0.25) is 0 Å². The summed E-state index contributed by atoms with van der Waals surface area (Å²) in [6.07, 6.45) is 7.49. The third kappa shape index (κ3) is 2.61. The van der Waals surface area contributed by atoms with Crippen LogP contribution in [0.4, 0.5) is 4.39 Å². The van der Waals surface area contributed by atoms with Crippen molar-refractivity contribution in [2.24, 2.45) is 0 Å². The average molecular weight is 375 g/mol. The van der Waals surface area contributed by atoms with E-state index >= 15 is 0 Å². The van der Waals surface area contributed by atoms with Gasteiger partial charge in [0.1, 0.15) is 5.82 Å². The lowest BCUT2D eigenvalue weighted by molar-refractivity contribution is 0.0946. The molecule has 2 atom stereocenters. The third-order valence-electron chi connectivity index (χ3n) is 4.01. The van der Waals surface area contributed by atoms with Crippen LogP contribution in [0, 0.1) is 5.82 Å². The SMILES string of the molecule is O=C(N[C@@H]1C[C@H]1c1ccc(Br)c(F)c1)c1nccn2ccnc12. The molecule has 1 fully saturated rings. The molecule has 2 heterocycles. The first-order valence-corrected chi connectivity index (χ1v) is 7.96. The van der Waals surface area contributed by atoms with Crippen molar-refractivity contribution in [2.75, 3.05) is 0 Å². The summed E-state index contributed by atoms with van der Waals surface area (Å²) in [5.41, 5.74) is 1.71. The molecule has 3 aromatic rings. The van der Waals surface area contributed by atoms with Crippen LogP contribution in [-0.2, 0) is 0 Å². The van der Waals surface area contributed by atoms with Gasteiger partial charge in [0.25, 0.3) is 5.91 Å². The van der Waals surface area contributed by atoms with Crippen LogP contribution in [0.3, 0.4) is 0 Å². The fourth-order valence-electron chi connectivity index (χ4n) is 2.72. The highest BCUT2D eigenvalue weighted by molar-refractivity contribution is 9.10. The van der Waals surface area contributed by atoms with E-state index in [1.165, 1.54) is 6.07 Å². The molecule has 1 saturated carbocycles. The number of nitrogens with one attached hydrogen (secondary N) is 1. The zero-order valence-electron chi connectivity index (χ0n) is 11.9. The minimum absolute atomic E-state index is 0.0000869. The number of fused-ring (bicyclic) bond motifs is 1. The largest absolute Gasteiger partial charge is 0.347 e.